The Labute approximate surface area is 145 Å². The van der Waals surface area contributed by atoms with Crippen molar-refractivity contribution >= 4 is 17.5 Å². The third-order valence-electron chi connectivity index (χ3n) is 3.88. The fourth-order valence-electron chi connectivity index (χ4n) is 2.31. The smallest absolute Gasteiger partial charge is 0.255 e. The van der Waals surface area contributed by atoms with Crippen LogP contribution in [0.5, 0.6) is 0 Å². The Morgan fingerprint density at radius 3 is 2.88 bits per heavy atom. The van der Waals surface area contributed by atoms with Crippen molar-refractivity contribution in [1.82, 2.24) is 15.5 Å². The third-order valence-corrected chi connectivity index (χ3v) is 4.13. The van der Waals surface area contributed by atoms with Gasteiger partial charge >= 0.3 is 0 Å². The summed E-state index contributed by atoms with van der Waals surface area (Å²) in [5.74, 6) is 0.356. The van der Waals surface area contributed by atoms with Gasteiger partial charge in [0.1, 0.15) is 0 Å². The molecule has 3 rings (SSSR count). The highest BCUT2D eigenvalue weighted by atomic mass is 35.5. The van der Waals surface area contributed by atoms with Gasteiger partial charge in [-0.15, -0.1) is 0 Å². The van der Waals surface area contributed by atoms with Crippen LogP contribution in [0.1, 0.15) is 23.2 Å². The summed E-state index contributed by atoms with van der Waals surface area (Å²) in [5, 5.41) is 20.0. The normalized spacial score (nSPS) is 15.2. The molecule has 2 aromatic rings. The minimum Gasteiger partial charge on any atom is -0.389 e. The number of nitrogens with zero attached hydrogens (tertiary/aromatic N) is 1. The van der Waals surface area contributed by atoms with E-state index in [1.807, 2.05) is 12.1 Å². The molecule has 1 aromatic carbocycles. The molecular formula is C17H20ClN3O3. The van der Waals surface area contributed by atoms with Crippen molar-refractivity contribution in [1.29, 1.82) is 0 Å². The molecule has 1 atom stereocenters. The van der Waals surface area contributed by atoms with Gasteiger partial charge in [0, 0.05) is 23.7 Å². The van der Waals surface area contributed by atoms with Crippen molar-refractivity contribution in [3.8, 4) is 11.3 Å². The topological polar surface area (TPSA) is 87.2 Å². The molecule has 6 nitrogen and oxygen atoms in total. The van der Waals surface area contributed by atoms with Gasteiger partial charge < -0.3 is 15.2 Å². The van der Waals surface area contributed by atoms with Crippen LogP contribution in [0.25, 0.3) is 11.3 Å². The summed E-state index contributed by atoms with van der Waals surface area (Å²) in [5.41, 5.74) is 1.85. The second-order valence-corrected chi connectivity index (χ2v) is 6.45. The van der Waals surface area contributed by atoms with E-state index in [-0.39, 0.29) is 19.1 Å². The van der Waals surface area contributed by atoms with Crippen molar-refractivity contribution in [3.05, 3.63) is 41.0 Å². The van der Waals surface area contributed by atoms with Crippen molar-refractivity contribution in [3.63, 3.8) is 0 Å². The molecular weight excluding hydrogens is 330 g/mol. The number of benzene rings is 1. The lowest BCUT2D eigenvalue weighted by Gasteiger charge is -2.12. The summed E-state index contributed by atoms with van der Waals surface area (Å²) in [4.78, 5) is 12.3. The van der Waals surface area contributed by atoms with E-state index in [2.05, 4.69) is 15.5 Å². The minimum absolute atomic E-state index is 0.134. The number of carbonyl (C=O) groups excluding carboxylic acids is 1. The molecule has 1 aliphatic carbocycles. The molecule has 1 fully saturated rings. The Balaban J connectivity index is 1.53. The number of H-pyrrole nitrogens is 1. The first-order chi connectivity index (χ1) is 11.6. The SMILES string of the molecule is O=C(NCC(O)COCC1CC1)c1cn[nH]c1-c1ccc(Cl)cc1. The van der Waals surface area contributed by atoms with Crippen LogP contribution in [0, 0.1) is 5.92 Å². The molecule has 24 heavy (non-hydrogen) atoms. The monoisotopic (exact) mass is 349 g/mol. The van der Waals surface area contributed by atoms with Gasteiger partial charge in [-0.25, -0.2) is 0 Å². The van der Waals surface area contributed by atoms with Crippen LogP contribution in [0.4, 0.5) is 0 Å². The lowest BCUT2D eigenvalue weighted by Crippen LogP contribution is -2.34. The number of halogens is 1. The first kappa shape index (κ1) is 17.0. The van der Waals surface area contributed by atoms with Gasteiger partial charge in [0.2, 0.25) is 0 Å². The van der Waals surface area contributed by atoms with Crippen molar-refractivity contribution in [2.24, 2.45) is 5.92 Å². The van der Waals surface area contributed by atoms with Crippen LogP contribution >= 0.6 is 11.6 Å². The largest absolute Gasteiger partial charge is 0.389 e. The number of hydrogen-bond acceptors (Lipinski definition) is 4. The maximum atomic E-state index is 12.3. The molecule has 128 valence electrons. The number of aromatic amines is 1. The molecule has 3 N–H and O–H groups in total. The quantitative estimate of drug-likeness (QED) is 0.682. The molecule has 0 saturated heterocycles. The Bertz CT molecular complexity index is 683. The summed E-state index contributed by atoms with van der Waals surface area (Å²) in [6, 6.07) is 7.13. The summed E-state index contributed by atoms with van der Waals surface area (Å²) in [7, 11) is 0. The van der Waals surface area contributed by atoms with Gasteiger partial charge in [-0.3, -0.25) is 9.89 Å². The maximum absolute atomic E-state index is 12.3. The van der Waals surface area contributed by atoms with Crippen molar-refractivity contribution < 1.29 is 14.6 Å². The van der Waals surface area contributed by atoms with Crippen LogP contribution in [-0.2, 0) is 4.74 Å². The highest BCUT2D eigenvalue weighted by molar-refractivity contribution is 6.30. The number of carbonyl (C=O) groups is 1. The van der Waals surface area contributed by atoms with Crippen LogP contribution in [0.2, 0.25) is 5.02 Å². The van der Waals surface area contributed by atoms with E-state index in [1.54, 1.807) is 12.1 Å². The second kappa shape index (κ2) is 7.79. The molecule has 0 spiro atoms. The molecule has 0 bridgehead atoms. The number of nitrogens with one attached hydrogen (secondary N) is 2. The molecule has 1 aromatic heterocycles. The molecule has 1 heterocycles. The maximum Gasteiger partial charge on any atom is 0.255 e. The highest BCUT2D eigenvalue weighted by Gasteiger charge is 2.22. The van der Waals surface area contributed by atoms with Crippen LogP contribution in [0.15, 0.2) is 30.5 Å². The van der Waals surface area contributed by atoms with Crippen LogP contribution in [0.3, 0.4) is 0 Å². The van der Waals surface area contributed by atoms with Crippen LogP contribution in [-0.4, -0.2) is 47.1 Å². The second-order valence-electron chi connectivity index (χ2n) is 6.01. The zero-order valence-electron chi connectivity index (χ0n) is 13.2. The Hall–Kier alpha value is -1.89. The van der Waals surface area contributed by atoms with Crippen LogP contribution < -0.4 is 5.32 Å². The van der Waals surface area contributed by atoms with E-state index in [0.717, 1.165) is 5.56 Å². The zero-order valence-corrected chi connectivity index (χ0v) is 13.9. The number of aliphatic hydroxyl groups excluding tert-OH is 1. The van der Waals surface area contributed by atoms with E-state index < -0.39 is 6.10 Å². The number of rotatable bonds is 8. The molecule has 1 unspecified atom stereocenters. The molecule has 0 radical (unpaired) electrons. The number of amides is 1. The van der Waals surface area contributed by atoms with Gasteiger partial charge in [0.15, 0.2) is 0 Å². The molecule has 7 heteroatoms. The summed E-state index contributed by atoms with van der Waals surface area (Å²) < 4.78 is 5.41. The van der Waals surface area contributed by atoms with Gasteiger partial charge in [-0.05, 0) is 30.9 Å². The minimum atomic E-state index is -0.724. The Morgan fingerprint density at radius 2 is 2.17 bits per heavy atom. The summed E-state index contributed by atoms with van der Waals surface area (Å²) >= 11 is 5.88. The van der Waals surface area contributed by atoms with Crippen molar-refractivity contribution in [2.45, 2.75) is 18.9 Å². The van der Waals surface area contributed by atoms with E-state index in [4.69, 9.17) is 16.3 Å². The van der Waals surface area contributed by atoms with Crippen molar-refractivity contribution in [2.75, 3.05) is 19.8 Å². The standard InChI is InChI=1S/C17H20ClN3O3/c18-13-5-3-12(4-6-13)16-15(8-20-21-16)17(23)19-7-14(22)10-24-9-11-1-2-11/h3-6,8,11,14,22H,1-2,7,9-10H2,(H,19,23)(H,20,21). The van der Waals surface area contributed by atoms with E-state index in [9.17, 15) is 9.90 Å². The highest BCUT2D eigenvalue weighted by Crippen LogP contribution is 2.28. The summed E-state index contributed by atoms with van der Waals surface area (Å²) in [6.07, 6.45) is 3.16. The van der Waals surface area contributed by atoms with E-state index in [1.165, 1.54) is 19.0 Å². The molecule has 0 aliphatic heterocycles. The fraction of sp³-hybridized carbons (Fsp3) is 0.412. The van der Waals surface area contributed by atoms with Gasteiger partial charge in [-0.1, -0.05) is 23.7 Å². The van der Waals surface area contributed by atoms with Gasteiger partial charge in [0.05, 0.1) is 30.2 Å². The Kier molecular flexibility index (Phi) is 5.50. The molecule has 1 saturated carbocycles. The third kappa shape index (κ3) is 4.56. The first-order valence-corrected chi connectivity index (χ1v) is 8.34. The molecule has 1 amide bonds. The predicted octanol–water partition coefficient (Wildman–Crippen LogP) is 2.25. The Morgan fingerprint density at radius 1 is 1.42 bits per heavy atom. The lowest BCUT2D eigenvalue weighted by molar-refractivity contribution is 0.0321. The number of aromatic nitrogens is 2. The zero-order chi connectivity index (χ0) is 16.9. The number of hydrogen-bond donors (Lipinski definition) is 3. The fourth-order valence-corrected chi connectivity index (χ4v) is 2.44. The average molecular weight is 350 g/mol. The van der Waals surface area contributed by atoms with E-state index >= 15 is 0 Å². The first-order valence-electron chi connectivity index (χ1n) is 7.97. The van der Waals surface area contributed by atoms with E-state index in [0.29, 0.717) is 28.8 Å². The number of aliphatic hydroxyl groups is 1. The summed E-state index contributed by atoms with van der Waals surface area (Å²) in [6.45, 7) is 1.05. The van der Waals surface area contributed by atoms with Gasteiger partial charge in [0.25, 0.3) is 5.91 Å². The predicted molar refractivity (Wildman–Crippen MR) is 90.9 cm³/mol. The molecule has 1 aliphatic rings. The average Bonchev–Trinajstić information content (AvgIpc) is 3.27. The lowest BCUT2D eigenvalue weighted by atomic mass is 10.1. The van der Waals surface area contributed by atoms with Gasteiger partial charge in [-0.2, -0.15) is 5.10 Å². The number of ether oxygens (including phenoxy) is 1.